The number of carbonyl (C=O) groups is 1. The number of carbonyl (C=O) groups excluding carboxylic acids is 1. The molecule has 0 radical (unpaired) electrons. The monoisotopic (exact) mass is 237 g/mol. The largest absolute Gasteiger partial charge is 0.383 e. The minimum Gasteiger partial charge on any atom is -0.383 e. The zero-order valence-electron chi connectivity index (χ0n) is 10.3. The van der Waals surface area contributed by atoms with E-state index in [0.717, 1.165) is 12.1 Å². The third-order valence-electron chi connectivity index (χ3n) is 2.17. The number of hydrogen-bond donors (Lipinski definition) is 2. The molecule has 0 spiro atoms. The molecule has 1 aromatic rings. The number of nitrogens with one attached hydrogen (secondary N) is 2. The molecule has 5 heteroatoms. The van der Waals surface area contributed by atoms with Crippen molar-refractivity contribution in [2.45, 2.75) is 13.3 Å². The summed E-state index contributed by atoms with van der Waals surface area (Å²) in [5.74, 6) is -0.0882. The van der Waals surface area contributed by atoms with Crippen LogP contribution in [0.1, 0.15) is 23.7 Å². The SMILES string of the molecule is CCCNC(=O)c1cncc(NCCOC)c1. The second kappa shape index (κ2) is 7.62. The average molecular weight is 237 g/mol. The van der Waals surface area contributed by atoms with Gasteiger partial charge in [-0.3, -0.25) is 9.78 Å². The lowest BCUT2D eigenvalue weighted by atomic mass is 10.2. The van der Waals surface area contributed by atoms with Crippen LogP contribution in [0.2, 0.25) is 0 Å². The Morgan fingerprint density at radius 3 is 2.94 bits per heavy atom. The summed E-state index contributed by atoms with van der Waals surface area (Å²) in [4.78, 5) is 15.7. The third kappa shape index (κ3) is 4.82. The van der Waals surface area contributed by atoms with Crippen molar-refractivity contribution < 1.29 is 9.53 Å². The Balaban J connectivity index is 2.55. The number of amides is 1. The predicted molar refractivity (Wildman–Crippen MR) is 67.2 cm³/mol. The highest BCUT2D eigenvalue weighted by atomic mass is 16.5. The van der Waals surface area contributed by atoms with Crippen molar-refractivity contribution in [1.29, 1.82) is 0 Å². The van der Waals surface area contributed by atoms with Crippen LogP contribution >= 0.6 is 0 Å². The number of methoxy groups -OCH3 is 1. The van der Waals surface area contributed by atoms with Crippen LogP contribution in [0.25, 0.3) is 0 Å². The number of hydrogen-bond acceptors (Lipinski definition) is 4. The van der Waals surface area contributed by atoms with E-state index in [0.29, 0.717) is 25.3 Å². The third-order valence-corrected chi connectivity index (χ3v) is 2.17. The molecule has 1 rings (SSSR count). The van der Waals surface area contributed by atoms with E-state index in [2.05, 4.69) is 15.6 Å². The van der Waals surface area contributed by atoms with Gasteiger partial charge < -0.3 is 15.4 Å². The number of pyridine rings is 1. The second-order valence-corrected chi connectivity index (χ2v) is 3.64. The molecule has 1 amide bonds. The van der Waals surface area contributed by atoms with E-state index >= 15 is 0 Å². The maximum Gasteiger partial charge on any atom is 0.252 e. The van der Waals surface area contributed by atoms with Gasteiger partial charge in [-0.05, 0) is 12.5 Å². The quantitative estimate of drug-likeness (QED) is 0.701. The second-order valence-electron chi connectivity index (χ2n) is 3.64. The van der Waals surface area contributed by atoms with E-state index in [4.69, 9.17) is 4.74 Å². The standard InChI is InChI=1S/C12H19N3O2/c1-3-4-15-12(16)10-7-11(9-13-8-10)14-5-6-17-2/h7-9,14H,3-6H2,1-2H3,(H,15,16). The van der Waals surface area contributed by atoms with Crippen molar-refractivity contribution in [1.82, 2.24) is 10.3 Å². The van der Waals surface area contributed by atoms with E-state index in [-0.39, 0.29) is 5.91 Å². The highest BCUT2D eigenvalue weighted by Gasteiger charge is 2.05. The first-order valence-electron chi connectivity index (χ1n) is 5.74. The van der Waals surface area contributed by atoms with Crippen LogP contribution in [0.3, 0.4) is 0 Å². The minimum absolute atomic E-state index is 0.0882. The van der Waals surface area contributed by atoms with Crippen LogP contribution in [0, 0.1) is 0 Å². The molecule has 1 heterocycles. The normalized spacial score (nSPS) is 10.0. The van der Waals surface area contributed by atoms with Gasteiger partial charge in [0.25, 0.3) is 5.91 Å². The molecule has 17 heavy (non-hydrogen) atoms. The van der Waals surface area contributed by atoms with Crippen LogP contribution in [0.5, 0.6) is 0 Å². The summed E-state index contributed by atoms with van der Waals surface area (Å²) >= 11 is 0. The summed E-state index contributed by atoms with van der Waals surface area (Å²) < 4.78 is 4.93. The van der Waals surface area contributed by atoms with Gasteiger partial charge in [-0.1, -0.05) is 6.92 Å². The Morgan fingerprint density at radius 2 is 2.24 bits per heavy atom. The Bertz CT molecular complexity index is 355. The van der Waals surface area contributed by atoms with E-state index in [9.17, 15) is 4.79 Å². The first kappa shape index (κ1) is 13.4. The van der Waals surface area contributed by atoms with Gasteiger partial charge in [-0.15, -0.1) is 0 Å². The summed E-state index contributed by atoms with van der Waals surface area (Å²) in [6.07, 6.45) is 4.17. The van der Waals surface area contributed by atoms with Crippen molar-refractivity contribution in [2.24, 2.45) is 0 Å². The van der Waals surface area contributed by atoms with Crippen LogP contribution in [-0.2, 0) is 4.74 Å². The van der Waals surface area contributed by atoms with E-state index in [1.54, 1.807) is 25.6 Å². The molecule has 94 valence electrons. The number of ether oxygens (including phenoxy) is 1. The van der Waals surface area contributed by atoms with Gasteiger partial charge in [0, 0.05) is 32.6 Å². The average Bonchev–Trinajstić information content (AvgIpc) is 2.36. The first-order chi connectivity index (χ1) is 8.27. The lowest BCUT2D eigenvalue weighted by Gasteiger charge is -2.07. The maximum absolute atomic E-state index is 11.7. The number of nitrogens with zero attached hydrogens (tertiary/aromatic N) is 1. The van der Waals surface area contributed by atoms with Gasteiger partial charge in [0.05, 0.1) is 17.9 Å². The van der Waals surface area contributed by atoms with E-state index in [1.807, 2.05) is 6.92 Å². The van der Waals surface area contributed by atoms with Gasteiger partial charge >= 0.3 is 0 Å². The van der Waals surface area contributed by atoms with Crippen LogP contribution < -0.4 is 10.6 Å². The topological polar surface area (TPSA) is 63.2 Å². The van der Waals surface area contributed by atoms with Crippen LogP contribution in [0.15, 0.2) is 18.5 Å². The molecule has 5 nitrogen and oxygen atoms in total. The number of anilines is 1. The molecule has 0 aliphatic rings. The molecule has 0 atom stereocenters. The molecule has 0 fully saturated rings. The maximum atomic E-state index is 11.7. The highest BCUT2D eigenvalue weighted by molar-refractivity contribution is 5.94. The molecule has 1 aromatic heterocycles. The molecular weight excluding hydrogens is 218 g/mol. The molecule has 0 saturated carbocycles. The van der Waals surface area contributed by atoms with Crippen molar-refractivity contribution in [3.05, 3.63) is 24.0 Å². The molecule has 2 N–H and O–H groups in total. The molecule has 0 saturated heterocycles. The number of rotatable bonds is 7. The van der Waals surface area contributed by atoms with E-state index in [1.165, 1.54) is 0 Å². The lowest BCUT2D eigenvalue weighted by Crippen LogP contribution is -2.24. The Kier molecular flexibility index (Phi) is 6.03. The van der Waals surface area contributed by atoms with Gasteiger partial charge in [-0.2, -0.15) is 0 Å². The molecule has 0 aliphatic heterocycles. The van der Waals surface area contributed by atoms with Crippen molar-refractivity contribution >= 4 is 11.6 Å². The predicted octanol–water partition coefficient (Wildman–Crippen LogP) is 1.28. The fourth-order valence-electron chi connectivity index (χ4n) is 1.30. The fourth-order valence-corrected chi connectivity index (χ4v) is 1.30. The molecule has 0 bridgehead atoms. The minimum atomic E-state index is -0.0882. The fraction of sp³-hybridized carbons (Fsp3) is 0.500. The molecule has 0 unspecified atom stereocenters. The van der Waals surface area contributed by atoms with Gasteiger partial charge in [0.2, 0.25) is 0 Å². The van der Waals surface area contributed by atoms with Gasteiger partial charge in [0.15, 0.2) is 0 Å². The zero-order valence-corrected chi connectivity index (χ0v) is 10.3. The van der Waals surface area contributed by atoms with Crippen LogP contribution in [0.4, 0.5) is 5.69 Å². The highest BCUT2D eigenvalue weighted by Crippen LogP contribution is 2.07. The first-order valence-corrected chi connectivity index (χ1v) is 5.74. The Morgan fingerprint density at radius 1 is 1.41 bits per heavy atom. The van der Waals surface area contributed by atoms with Crippen molar-refractivity contribution in [3.8, 4) is 0 Å². The van der Waals surface area contributed by atoms with Gasteiger partial charge in [-0.25, -0.2) is 0 Å². The molecular formula is C12H19N3O2. The Hall–Kier alpha value is -1.62. The summed E-state index contributed by atoms with van der Waals surface area (Å²) in [6, 6.07) is 1.79. The summed E-state index contributed by atoms with van der Waals surface area (Å²) in [5.41, 5.74) is 1.40. The smallest absolute Gasteiger partial charge is 0.252 e. The molecule has 0 aliphatic carbocycles. The van der Waals surface area contributed by atoms with Crippen LogP contribution in [-0.4, -0.2) is 37.7 Å². The molecule has 0 aromatic carbocycles. The summed E-state index contributed by atoms with van der Waals surface area (Å²) in [5, 5.41) is 5.94. The summed E-state index contributed by atoms with van der Waals surface area (Å²) in [6.45, 7) is 4.01. The Labute approximate surface area is 102 Å². The number of aromatic nitrogens is 1. The lowest BCUT2D eigenvalue weighted by molar-refractivity contribution is 0.0953. The summed E-state index contributed by atoms with van der Waals surface area (Å²) in [7, 11) is 1.65. The van der Waals surface area contributed by atoms with Gasteiger partial charge in [0.1, 0.15) is 0 Å². The van der Waals surface area contributed by atoms with Crippen molar-refractivity contribution in [2.75, 3.05) is 32.1 Å². The van der Waals surface area contributed by atoms with Crippen molar-refractivity contribution in [3.63, 3.8) is 0 Å². The van der Waals surface area contributed by atoms with E-state index < -0.39 is 0 Å². The zero-order chi connectivity index (χ0) is 12.5.